The first kappa shape index (κ1) is 65.9. The Kier molecular flexibility index (Phi) is 25.8. The van der Waals surface area contributed by atoms with Crippen LogP contribution in [0, 0.1) is 35.5 Å². The molecule has 0 spiro atoms. The van der Waals surface area contributed by atoms with Crippen LogP contribution in [0.5, 0.6) is 0 Å². The second-order valence-electron chi connectivity index (χ2n) is 27.7. The number of rotatable bonds is 33. The van der Waals surface area contributed by atoms with Crippen LogP contribution in [-0.2, 0) is 48.0 Å². The molecule has 0 fully saturated rings. The zero-order valence-electron chi connectivity index (χ0n) is 51.0. The molecule has 0 saturated heterocycles. The van der Waals surface area contributed by atoms with Crippen LogP contribution in [0.25, 0.3) is 0 Å². The minimum absolute atomic E-state index is 0.00846. The van der Waals surface area contributed by atoms with E-state index in [1.54, 1.807) is 0 Å². The number of hydrogen-bond acceptors (Lipinski definition) is 9. The van der Waals surface area contributed by atoms with Gasteiger partial charge in [0.15, 0.2) is 0 Å². The van der Waals surface area contributed by atoms with Gasteiger partial charge in [-0.3, -0.25) is 0 Å². The molecule has 0 radical (unpaired) electrons. The Bertz CT molecular complexity index is 1720. The minimum atomic E-state index is -2.12. The molecular weight excluding hydrogens is 1000 g/mol. The fourth-order valence-corrected chi connectivity index (χ4v) is 41.5. The summed E-state index contributed by atoms with van der Waals surface area (Å²) in [6.07, 6.45) is -1.05. The van der Waals surface area contributed by atoms with Crippen LogP contribution in [0.2, 0.25) is 118 Å². The first-order chi connectivity index (χ1) is 33.5. The van der Waals surface area contributed by atoms with Crippen LogP contribution in [0.15, 0.2) is 91.0 Å². The Morgan fingerprint density at radius 2 is 0.521 bits per heavy atom. The van der Waals surface area contributed by atoms with Gasteiger partial charge in [0, 0.05) is 17.8 Å². The lowest BCUT2D eigenvalue weighted by Crippen LogP contribution is -2.70. The Morgan fingerprint density at radius 3 is 0.685 bits per heavy atom. The Hall–Kier alpha value is -1.33. The summed E-state index contributed by atoms with van der Waals surface area (Å²) in [5.74, 6) is 0.716. The molecule has 73 heavy (non-hydrogen) atoms. The van der Waals surface area contributed by atoms with Gasteiger partial charge in [0.25, 0.3) is 0 Å². The summed E-state index contributed by atoms with van der Waals surface area (Å²) in [6.45, 7) is 62.1. The van der Waals surface area contributed by atoms with Crippen molar-refractivity contribution in [1.82, 2.24) is 12.7 Å². The van der Waals surface area contributed by atoms with Gasteiger partial charge in [-0.2, -0.15) is 0 Å². The number of ether oxygens (including phenoxy) is 3. The quantitative estimate of drug-likeness (QED) is 0.0438. The zero-order chi connectivity index (χ0) is 55.3. The van der Waals surface area contributed by atoms with Crippen molar-refractivity contribution < 1.29 is 28.2 Å². The van der Waals surface area contributed by atoms with Crippen LogP contribution >= 0.6 is 0 Å². The SMILES string of the molecule is CC(C)[C@H](COCc1ccccc1)[C@@H](OB(O[C@H]([C@@H](COCc1ccccc1)C(C)C)N([Si](C)(C)C)[Si](C)(C)C)O[C@H]([C@@H](COCc1ccccc1)C(C)C)N([Si](C)(C)C)[Si](C)(C)C)N([Si](C)(C)C)[Si](C)(C)C. The van der Waals surface area contributed by atoms with Gasteiger partial charge in [-0.05, 0) is 34.4 Å². The predicted octanol–water partition coefficient (Wildman–Crippen LogP) is 15.4. The van der Waals surface area contributed by atoms with Gasteiger partial charge in [-0.25, -0.2) is 0 Å². The molecule has 414 valence electrons. The molecule has 0 amide bonds. The Morgan fingerprint density at radius 1 is 0.329 bits per heavy atom. The number of benzene rings is 3. The summed E-state index contributed by atoms with van der Waals surface area (Å²) < 4.78 is 53.3. The summed E-state index contributed by atoms with van der Waals surface area (Å²) in [5, 5.41) is 0. The molecule has 16 heteroatoms. The molecule has 0 saturated carbocycles. The maximum absolute atomic E-state index is 8.11. The van der Waals surface area contributed by atoms with E-state index in [1.807, 2.05) is 0 Å². The van der Waals surface area contributed by atoms with Crippen molar-refractivity contribution in [3.05, 3.63) is 108 Å². The van der Waals surface area contributed by atoms with E-state index in [2.05, 4.69) is 263 Å². The monoisotopic (exact) mass is 1110 g/mol. The second kappa shape index (κ2) is 28.5. The lowest BCUT2D eigenvalue weighted by Gasteiger charge is -2.55. The van der Waals surface area contributed by atoms with E-state index in [1.165, 1.54) is 16.7 Å². The van der Waals surface area contributed by atoms with Gasteiger partial charge in [-0.1, -0.05) is 250 Å². The first-order valence-corrected chi connectivity index (χ1v) is 48.4. The molecule has 9 nitrogen and oxygen atoms in total. The third kappa shape index (κ3) is 21.4. The van der Waals surface area contributed by atoms with Gasteiger partial charge in [0.05, 0.1) is 58.3 Å². The summed E-state index contributed by atoms with van der Waals surface area (Å²) in [4.78, 5) is 0. The molecule has 0 aliphatic rings. The minimum Gasteiger partial charge on any atom is -0.376 e. The van der Waals surface area contributed by atoms with Gasteiger partial charge in [0.1, 0.15) is 49.4 Å². The molecule has 0 aromatic heterocycles. The molecule has 6 atom stereocenters. The highest BCUT2D eigenvalue weighted by atomic mass is 28.4. The highest BCUT2D eigenvalue weighted by Crippen LogP contribution is 2.38. The third-order valence-corrected chi connectivity index (χ3v) is 36.1. The molecule has 3 aromatic rings. The topological polar surface area (TPSA) is 65.1 Å². The van der Waals surface area contributed by atoms with Crippen LogP contribution < -0.4 is 0 Å². The van der Waals surface area contributed by atoms with Gasteiger partial charge < -0.3 is 40.9 Å². The molecule has 0 N–H and O–H groups in total. The molecule has 0 aliphatic carbocycles. The van der Waals surface area contributed by atoms with E-state index in [0.29, 0.717) is 39.6 Å². The number of hydrogen-bond donors (Lipinski definition) is 0. The molecular formula is C57H108BN3O6Si6. The van der Waals surface area contributed by atoms with Gasteiger partial charge in [-0.15, -0.1) is 0 Å². The maximum atomic E-state index is 8.11. The van der Waals surface area contributed by atoms with Crippen LogP contribution in [0.4, 0.5) is 0 Å². The summed E-state index contributed by atoms with van der Waals surface area (Å²) >= 11 is 0. The summed E-state index contributed by atoms with van der Waals surface area (Å²) in [5.41, 5.74) is 3.51. The fraction of sp³-hybridized carbons (Fsp3) is 0.684. The van der Waals surface area contributed by atoms with Crippen molar-refractivity contribution >= 4 is 56.7 Å². The van der Waals surface area contributed by atoms with Crippen LogP contribution in [0.1, 0.15) is 58.2 Å². The average molecular weight is 1110 g/mol. The van der Waals surface area contributed by atoms with Crippen molar-refractivity contribution in [2.75, 3.05) is 19.8 Å². The van der Waals surface area contributed by atoms with Crippen molar-refractivity contribution in [3.8, 4) is 0 Å². The summed E-state index contributed by atoms with van der Waals surface area (Å²) in [7, 11) is -13.7. The van der Waals surface area contributed by atoms with E-state index in [-0.39, 0.29) is 54.2 Å². The predicted molar refractivity (Wildman–Crippen MR) is 329 cm³/mol. The molecule has 0 unspecified atom stereocenters. The van der Waals surface area contributed by atoms with E-state index < -0.39 is 56.7 Å². The first-order valence-electron chi connectivity index (χ1n) is 27.7. The van der Waals surface area contributed by atoms with Crippen molar-refractivity contribution in [2.45, 2.75) is 198 Å². The Labute approximate surface area is 455 Å². The standard InChI is InChI=1S/C57H108BN3O6Si6/c1-46(2)52(43-62-40-49-34-28-25-29-35-49)55(59(68(7,8)9)69(10,11)12)65-58(66-56(60(70(13,14)15)71(16,17)18)53(47(3)4)44-63-41-50-36-30-26-31-37-50)67-57(61(72(19,20)21)73(22,23)24)54(48(5)6)45-64-42-51-38-32-27-33-39-51/h25-39,46-48,52-57H,40-45H2,1-24H3/t52-,53-,54-,55+,56+,57+/m0/s1. The lowest BCUT2D eigenvalue weighted by atomic mass is 9.92. The second-order valence-corrected chi connectivity index (χ2v) is 58.0. The molecule has 0 aliphatic heterocycles. The molecule has 3 rings (SSSR count). The zero-order valence-corrected chi connectivity index (χ0v) is 57.0. The largest absolute Gasteiger partial charge is 0.642 e. The van der Waals surface area contributed by atoms with E-state index in [4.69, 9.17) is 28.2 Å². The normalized spacial score (nSPS) is 16.2. The van der Waals surface area contributed by atoms with E-state index in [9.17, 15) is 0 Å². The summed E-state index contributed by atoms with van der Waals surface area (Å²) in [6, 6.07) is 31.7. The van der Waals surface area contributed by atoms with Crippen molar-refractivity contribution in [3.63, 3.8) is 0 Å². The van der Waals surface area contributed by atoms with Gasteiger partial charge in [0.2, 0.25) is 0 Å². The fourth-order valence-electron chi connectivity index (χ4n) is 11.3. The number of nitrogens with zero attached hydrogens (tertiary/aromatic N) is 3. The molecule has 0 bridgehead atoms. The maximum Gasteiger partial charge on any atom is 0.642 e. The van der Waals surface area contributed by atoms with Crippen molar-refractivity contribution in [2.24, 2.45) is 35.5 Å². The van der Waals surface area contributed by atoms with Crippen molar-refractivity contribution in [1.29, 1.82) is 0 Å². The van der Waals surface area contributed by atoms with Gasteiger partial charge >= 0.3 is 7.32 Å². The van der Waals surface area contributed by atoms with E-state index >= 15 is 0 Å². The highest BCUT2D eigenvalue weighted by Gasteiger charge is 2.53. The highest BCUT2D eigenvalue weighted by molar-refractivity contribution is 6.91. The van der Waals surface area contributed by atoms with E-state index in [0.717, 1.165) is 0 Å². The Balaban J connectivity index is 2.48. The van der Waals surface area contributed by atoms with Crippen LogP contribution in [0.3, 0.4) is 0 Å². The third-order valence-electron chi connectivity index (χ3n) is 13.8. The smallest absolute Gasteiger partial charge is 0.376 e. The van der Waals surface area contributed by atoms with Crippen LogP contribution in [-0.4, -0.2) is 108 Å². The molecule has 0 heterocycles. The average Bonchev–Trinajstić information content (AvgIpc) is 3.22. The molecule has 3 aromatic carbocycles. The lowest BCUT2D eigenvalue weighted by molar-refractivity contribution is -0.113.